The summed E-state index contributed by atoms with van der Waals surface area (Å²) in [4.78, 5) is 3.83. The fourth-order valence-electron chi connectivity index (χ4n) is 0.500. The van der Waals surface area contributed by atoms with Gasteiger partial charge in [0.2, 0.25) is 0 Å². The molecule has 0 amide bonds. The summed E-state index contributed by atoms with van der Waals surface area (Å²) in [5.41, 5.74) is 0.719. The maximum atomic E-state index is 5.61. The monoisotopic (exact) mass is 215 g/mol. The van der Waals surface area contributed by atoms with Gasteiger partial charge < -0.3 is 0 Å². The zero-order valence-electron chi connectivity index (χ0n) is 4.94. The van der Waals surface area contributed by atoms with Crippen LogP contribution in [0.25, 0.3) is 0 Å². The van der Waals surface area contributed by atoms with Crippen LogP contribution in [0.4, 0.5) is 0 Å². The summed E-state index contributed by atoms with van der Waals surface area (Å²) in [6, 6.07) is 1.75. The average molecular weight is 216 g/mol. The molecule has 0 aliphatic heterocycles. The zero-order valence-corrected chi connectivity index (χ0v) is 7.28. The molecule has 0 spiro atoms. The number of hydrogen-bond donors (Lipinski definition) is 0. The summed E-state index contributed by atoms with van der Waals surface area (Å²) in [5, 5.41) is 0.430. The molecule has 0 saturated carbocycles. The minimum atomic E-state index is 0.430. The fourth-order valence-corrected chi connectivity index (χ4v) is 0.953. The molecule has 0 fully saturated rings. The van der Waals surface area contributed by atoms with Crippen LogP contribution in [0.5, 0.6) is 0 Å². The first-order valence-electron chi connectivity index (χ1n) is 2.51. The maximum Gasteiger partial charge on any atom is 0.143 e. The van der Waals surface area contributed by atoms with Gasteiger partial charge in [-0.15, -0.1) is 6.42 Å². The minimum absolute atomic E-state index is 0.430. The Labute approximate surface area is 72.6 Å². The Morgan fingerprint density at radius 1 is 1.70 bits per heavy atom. The van der Waals surface area contributed by atoms with Gasteiger partial charge in [-0.1, -0.05) is 17.5 Å². The Kier molecular flexibility index (Phi) is 2.31. The molecule has 1 nitrogen and oxygen atoms in total. The predicted octanol–water partition coefficient (Wildman–Crippen LogP) is 2.48. The molecule has 0 saturated heterocycles. The first-order chi connectivity index (χ1) is 4.74. The number of nitrogens with zero attached hydrogens (tertiary/aromatic N) is 1. The molecule has 0 N–H and O–H groups in total. The van der Waals surface area contributed by atoms with Crippen LogP contribution in [0.2, 0.25) is 5.15 Å². The van der Waals surface area contributed by atoms with E-state index in [1.165, 1.54) is 0 Å². The van der Waals surface area contributed by atoms with Crippen LogP contribution in [0.15, 0.2) is 16.7 Å². The molecule has 0 atom stereocenters. The van der Waals surface area contributed by atoms with Crippen molar-refractivity contribution in [3.05, 3.63) is 27.5 Å². The molecule has 3 heteroatoms. The second-order valence-corrected chi connectivity index (χ2v) is 2.85. The van der Waals surface area contributed by atoms with Gasteiger partial charge in [-0.25, -0.2) is 4.98 Å². The lowest BCUT2D eigenvalue weighted by Crippen LogP contribution is -1.79. The molecule has 0 radical (unpaired) electrons. The number of aromatic nitrogens is 1. The van der Waals surface area contributed by atoms with Crippen LogP contribution in [-0.4, -0.2) is 4.98 Å². The first kappa shape index (κ1) is 7.59. The van der Waals surface area contributed by atoms with Crippen molar-refractivity contribution in [3.63, 3.8) is 0 Å². The van der Waals surface area contributed by atoms with Crippen LogP contribution < -0.4 is 0 Å². The van der Waals surface area contributed by atoms with Crippen LogP contribution in [-0.2, 0) is 0 Å². The smallest absolute Gasteiger partial charge is 0.143 e. The molecule has 0 unspecified atom stereocenters. The lowest BCUT2D eigenvalue weighted by molar-refractivity contribution is 1.29. The Morgan fingerprint density at radius 3 is 2.90 bits per heavy atom. The third-order valence-electron chi connectivity index (χ3n) is 0.963. The van der Waals surface area contributed by atoms with Gasteiger partial charge in [0.15, 0.2) is 0 Å². The van der Waals surface area contributed by atoms with Crippen LogP contribution in [0.1, 0.15) is 5.56 Å². The van der Waals surface area contributed by atoms with E-state index in [2.05, 4.69) is 26.8 Å². The van der Waals surface area contributed by atoms with Gasteiger partial charge >= 0.3 is 0 Å². The van der Waals surface area contributed by atoms with Crippen molar-refractivity contribution in [1.82, 2.24) is 4.98 Å². The van der Waals surface area contributed by atoms with E-state index in [0.717, 1.165) is 10.0 Å². The van der Waals surface area contributed by atoms with Gasteiger partial charge in [-0.2, -0.15) is 0 Å². The van der Waals surface area contributed by atoms with E-state index in [9.17, 15) is 0 Å². The van der Waals surface area contributed by atoms with Gasteiger partial charge in [-0.3, -0.25) is 0 Å². The van der Waals surface area contributed by atoms with Crippen molar-refractivity contribution in [1.29, 1.82) is 0 Å². The highest BCUT2D eigenvalue weighted by molar-refractivity contribution is 9.10. The second kappa shape index (κ2) is 3.05. The Morgan fingerprint density at radius 2 is 2.40 bits per heavy atom. The highest BCUT2D eigenvalue weighted by Crippen LogP contribution is 2.19. The molecule has 1 aromatic rings. The molecular weight excluding hydrogens is 213 g/mol. The molecule has 50 valence electrons. The van der Waals surface area contributed by atoms with Gasteiger partial charge in [0.05, 0.1) is 4.47 Å². The van der Waals surface area contributed by atoms with E-state index in [1.54, 1.807) is 12.3 Å². The van der Waals surface area contributed by atoms with Gasteiger partial charge in [-0.05, 0) is 22.0 Å². The molecule has 0 aliphatic carbocycles. The maximum absolute atomic E-state index is 5.61. The Hall–Kier alpha value is -0.520. The van der Waals surface area contributed by atoms with Gasteiger partial charge in [0.1, 0.15) is 5.15 Å². The number of terminal acetylenes is 1. The van der Waals surface area contributed by atoms with Crippen molar-refractivity contribution >= 4 is 27.5 Å². The number of halogens is 2. The molecular formula is C7H3BrClN. The van der Waals surface area contributed by atoms with E-state index in [0.29, 0.717) is 5.15 Å². The largest absolute Gasteiger partial charge is 0.242 e. The minimum Gasteiger partial charge on any atom is -0.242 e. The molecule has 0 aliphatic rings. The summed E-state index contributed by atoms with van der Waals surface area (Å²) in [7, 11) is 0. The van der Waals surface area contributed by atoms with E-state index in [1.807, 2.05) is 0 Å². The molecule has 0 bridgehead atoms. The number of rotatable bonds is 0. The number of pyridine rings is 1. The van der Waals surface area contributed by atoms with Crippen molar-refractivity contribution in [2.45, 2.75) is 0 Å². The first-order valence-corrected chi connectivity index (χ1v) is 3.69. The predicted molar refractivity (Wildman–Crippen MR) is 44.9 cm³/mol. The highest BCUT2D eigenvalue weighted by atomic mass is 79.9. The third-order valence-corrected chi connectivity index (χ3v) is 2.10. The summed E-state index contributed by atoms with van der Waals surface area (Å²) in [5.74, 6) is 2.44. The molecule has 0 aromatic carbocycles. The van der Waals surface area contributed by atoms with E-state index < -0.39 is 0 Å². The summed E-state index contributed by atoms with van der Waals surface area (Å²) in [6.45, 7) is 0. The summed E-state index contributed by atoms with van der Waals surface area (Å²) < 4.78 is 0.726. The van der Waals surface area contributed by atoms with Gasteiger partial charge in [0.25, 0.3) is 0 Å². The lowest BCUT2D eigenvalue weighted by Gasteiger charge is -1.93. The second-order valence-electron chi connectivity index (χ2n) is 1.64. The van der Waals surface area contributed by atoms with E-state index >= 15 is 0 Å². The van der Waals surface area contributed by atoms with Crippen LogP contribution in [0.3, 0.4) is 0 Å². The Bertz CT molecular complexity index is 290. The van der Waals surface area contributed by atoms with Crippen molar-refractivity contribution in [2.24, 2.45) is 0 Å². The molecule has 1 aromatic heterocycles. The SMILES string of the molecule is C#Cc1cnc(Cl)c(Br)c1. The topological polar surface area (TPSA) is 12.9 Å². The number of hydrogen-bond acceptors (Lipinski definition) is 1. The van der Waals surface area contributed by atoms with E-state index in [4.69, 9.17) is 18.0 Å². The van der Waals surface area contributed by atoms with Crippen molar-refractivity contribution < 1.29 is 0 Å². The summed E-state index contributed by atoms with van der Waals surface area (Å²) in [6.07, 6.45) is 6.66. The standard InChI is InChI=1S/C7H3BrClN/c1-2-5-3-6(8)7(9)10-4-5/h1,3-4H. The quantitative estimate of drug-likeness (QED) is 0.480. The third kappa shape index (κ3) is 1.50. The van der Waals surface area contributed by atoms with Crippen LogP contribution >= 0.6 is 27.5 Å². The zero-order chi connectivity index (χ0) is 7.56. The van der Waals surface area contributed by atoms with Crippen molar-refractivity contribution in [2.75, 3.05) is 0 Å². The fraction of sp³-hybridized carbons (Fsp3) is 0. The summed E-state index contributed by atoms with van der Waals surface area (Å²) >= 11 is 8.81. The average Bonchev–Trinajstić information content (AvgIpc) is 1.95. The molecule has 10 heavy (non-hydrogen) atoms. The van der Waals surface area contributed by atoms with Crippen LogP contribution in [0, 0.1) is 12.3 Å². The highest BCUT2D eigenvalue weighted by Gasteiger charge is 1.96. The normalized spacial score (nSPS) is 8.90. The van der Waals surface area contributed by atoms with Gasteiger partial charge in [0, 0.05) is 11.8 Å². The van der Waals surface area contributed by atoms with E-state index in [-0.39, 0.29) is 0 Å². The molecule has 1 rings (SSSR count). The lowest BCUT2D eigenvalue weighted by atomic mass is 10.3. The Balaban J connectivity index is 3.20. The van der Waals surface area contributed by atoms with Crippen molar-refractivity contribution in [3.8, 4) is 12.3 Å². The molecule has 1 heterocycles.